The Morgan fingerprint density at radius 2 is 2.40 bits per heavy atom. The highest BCUT2D eigenvalue weighted by molar-refractivity contribution is 9.11. The van der Waals surface area contributed by atoms with E-state index in [9.17, 15) is 0 Å². The maximum Gasteiger partial charge on any atom is 0.0795 e. The molecule has 80 valence electrons. The summed E-state index contributed by atoms with van der Waals surface area (Å²) in [6.07, 6.45) is 0. The van der Waals surface area contributed by atoms with Crippen molar-refractivity contribution in [1.82, 2.24) is 10.3 Å². The van der Waals surface area contributed by atoms with Gasteiger partial charge in [0.15, 0.2) is 0 Å². The Morgan fingerprint density at radius 1 is 1.53 bits per heavy atom. The molecule has 0 spiro atoms. The first-order chi connectivity index (χ1) is 7.25. The molecule has 2 aromatic rings. The molecule has 0 fully saturated rings. The normalized spacial score (nSPS) is 12.9. The van der Waals surface area contributed by atoms with Crippen LogP contribution < -0.4 is 5.32 Å². The van der Waals surface area contributed by atoms with Gasteiger partial charge in [-0.25, -0.2) is 4.98 Å². The summed E-state index contributed by atoms with van der Waals surface area (Å²) >= 11 is 6.86. The smallest absolute Gasteiger partial charge is 0.0795 e. The molecule has 0 saturated carbocycles. The van der Waals surface area contributed by atoms with Gasteiger partial charge in [-0.3, -0.25) is 0 Å². The lowest BCUT2D eigenvalue weighted by Gasteiger charge is -2.09. The fraction of sp³-hybridized carbons (Fsp3) is 0.300. The second-order valence-corrected chi connectivity index (χ2v) is 6.49. The minimum atomic E-state index is 0.317. The van der Waals surface area contributed by atoms with Gasteiger partial charge in [-0.05, 0) is 35.0 Å². The van der Waals surface area contributed by atoms with Crippen molar-refractivity contribution in [2.24, 2.45) is 0 Å². The number of halogens is 1. The van der Waals surface area contributed by atoms with Gasteiger partial charge in [-0.15, -0.1) is 22.7 Å². The average molecular weight is 303 g/mol. The Labute approximate surface area is 106 Å². The molecule has 2 rings (SSSR count). The fourth-order valence-corrected chi connectivity index (χ4v) is 3.32. The lowest BCUT2D eigenvalue weighted by atomic mass is 10.2. The van der Waals surface area contributed by atoms with E-state index in [2.05, 4.69) is 50.7 Å². The van der Waals surface area contributed by atoms with Gasteiger partial charge < -0.3 is 5.32 Å². The molecule has 15 heavy (non-hydrogen) atoms. The topological polar surface area (TPSA) is 24.9 Å². The van der Waals surface area contributed by atoms with Crippen LogP contribution in [0.1, 0.15) is 23.5 Å². The van der Waals surface area contributed by atoms with Crippen LogP contribution in [0.4, 0.5) is 0 Å². The summed E-state index contributed by atoms with van der Waals surface area (Å²) in [6.45, 7) is 3.03. The summed E-state index contributed by atoms with van der Waals surface area (Å²) < 4.78 is 1.18. The van der Waals surface area contributed by atoms with Crippen LogP contribution in [0.5, 0.6) is 0 Å². The summed E-state index contributed by atoms with van der Waals surface area (Å²) in [6, 6.07) is 4.53. The predicted molar refractivity (Wildman–Crippen MR) is 69.4 cm³/mol. The van der Waals surface area contributed by atoms with E-state index in [1.807, 2.05) is 5.51 Å². The van der Waals surface area contributed by atoms with Crippen LogP contribution in [0.15, 0.2) is 26.8 Å². The zero-order chi connectivity index (χ0) is 10.7. The van der Waals surface area contributed by atoms with Crippen LogP contribution in [0.2, 0.25) is 0 Å². The van der Waals surface area contributed by atoms with Gasteiger partial charge in [0.1, 0.15) is 0 Å². The molecule has 0 bridgehead atoms. The molecule has 0 amide bonds. The SMILES string of the molecule is CC(NCc1ccc(Br)s1)c1cscn1. The van der Waals surface area contributed by atoms with Crippen molar-refractivity contribution in [2.75, 3.05) is 0 Å². The molecule has 2 heterocycles. The van der Waals surface area contributed by atoms with E-state index in [-0.39, 0.29) is 0 Å². The largest absolute Gasteiger partial charge is 0.304 e. The first kappa shape index (κ1) is 11.3. The summed E-state index contributed by atoms with van der Waals surface area (Å²) in [5.74, 6) is 0. The van der Waals surface area contributed by atoms with Crippen LogP contribution in [0.3, 0.4) is 0 Å². The van der Waals surface area contributed by atoms with Gasteiger partial charge in [0.25, 0.3) is 0 Å². The van der Waals surface area contributed by atoms with Gasteiger partial charge in [-0.2, -0.15) is 0 Å². The third-order valence-corrected chi connectivity index (χ3v) is 4.33. The highest BCUT2D eigenvalue weighted by atomic mass is 79.9. The Bertz CT molecular complexity index is 411. The van der Waals surface area contributed by atoms with Gasteiger partial charge >= 0.3 is 0 Å². The number of hydrogen-bond donors (Lipinski definition) is 1. The van der Waals surface area contributed by atoms with E-state index < -0.39 is 0 Å². The van der Waals surface area contributed by atoms with Gasteiger partial charge in [0.2, 0.25) is 0 Å². The molecule has 0 aliphatic heterocycles. The highest BCUT2D eigenvalue weighted by Gasteiger charge is 2.06. The standard InChI is InChI=1S/C10H11BrN2S2/c1-7(9-5-14-6-13-9)12-4-8-2-3-10(11)15-8/h2-3,5-7,12H,4H2,1H3. The fourth-order valence-electron chi connectivity index (χ4n) is 1.24. The monoisotopic (exact) mass is 302 g/mol. The molecule has 5 heteroatoms. The number of thiophene rings is 1. The minimum absolute atomic E-state index is 0.317. The lowest BCUT2D eigenvalue weighted by molar-refractivity contribution is 0.568. The second-order valence-electron chi connectivity index (χ2n) is 3.22. The molecule has 0 aromatic carbocycles. The number of thiazole rings is 1. The van der Waals surface area contributed by atoms with E-state index in [1.54, 1.807) is 22.7 Å². The van der Waals surface area contributed by atoms with Crippen LogP contribution in [-0.4, -0.2) is 4.98 Å². The molecule has 0 saturated heterocycles. The average Bonchev–Trinajstić information content (AvgIpc) is 2.84. The quantitative estimate of drug-likeness (QED) is 0.929. The van der Waals surface area contributed by atoms with E-state index in [0.717, 1.165) is 12.2 Å². The number of rotatable bonds is 4. The van der Waals surface area contributed by atoms with Gasteiger partial charge in [-0.1, -0.05) is 0 Å². The summed E-state index contributed by atoms with van der Waals surface area (Å²) in [7, 11) is 0. The number of nitrogens with zero attached hydrogens (tertiary/aromatic N) is 1. The molecule has 0 radical (unpaired) electrons. The van der Waals surface area contributed by atoms with E-state index in [0.29, 0.717) is 6.04 Å². The van der Waals surface area contributed by atoms with Crippen molar-refractivity contribution in [2.45, 2.75) is 19.5 Å². The van der Waals surface area contributed by atoms with Crippen molar-refractivity contribution >= 4 is 38.6 Å². The minimum Gasteiger partial charge on any atom is -0.304 e. The van der Waals surface area contributed by atoms with Gasteiger partial charge in [0, 0.05) is 22.8 Å². The molecule has 2 aromatic heterocycles. The lowest BCUT2D eigenvalue weighted by Crippen LogP contribution is -2.17. The zero-order valence-electron chi connectivity index (χ0n) is 8.24. The van der Waals surface area contributed by atoms with Crippen LogP contribution in [0, 0.1) is 0 Å². The molecule has 0 aliphatic carbocycles. The summed E-state index contributed by atoms with van der Waals surface area (Å²) in [4.78, 5) is 5.62. The van der Waals surface area contributed by atoms with Crippen molar-refractivity contribution < 1.29 is 0 Å². The highest BCUT2D eigenvalue weighted by Crippen LogP contribution is 2.22. The predicted octanol–water partition coefficient (Wildman–Crippen LogP) is 3.82. The third kappa shape index (κ3) is 3.11. The second kappa shape index (κ2) is 5.21. The Hall–Kier alpha value is -0.230. The molecule has 1 atom stereocenters. The molecule has 2 nitrogen and oxygen atoms in total. The number of aromatic nitrogens is 1. The Morgan fingerprint density at radius 3 is 3.00 bits per heavy atom. The number of hydrogen-bond acceptors (Lipinski definition) is 4. The van der Waals surface area contributed by atoms with Crippen LogP contribution in [0.25, 0.3) is 0 Å². The van der Waals surface area contributed by atoms with Crippen molar-refractivity contribution in [1.29, 1.82) is 0 Å². The van der Waals surface area contributed by atoms with Crippen molar-refractivity contribution in [3.63, 3.8) is 0 Å². The molecular weight excluding hydrogens is 292 g/mol. The maximum atomic E-state index is 4.28. The van der Waals surface area contributed by atoms with Gasteiger partial charge in [0.05, 0.1) is 15.0 Å². The third-order valence-electron chi connectivity index (χ3n) is 2.11. The Kier molecular flexibility index (Phi) is 3.91. The van der Waals surface area contributed by atoms with Crippen molar-refractivity contribution in [3.8, 4) is 0 Å². The summed E-state index contributed by atoms with van der Waals surface area (Å²) in [5.41, 5.74) is 2.99. The first-order valence-corrected chi connectivity index (χ1v) is 7.16. The molecule has 1 unspecified atom stereocenters. The van der Waals surface area contributed by atoms with E-state index >= 15 is 0 Å². The first-order valence-electron chi connectivity index (χ1n) is 4.61. The van der Waals surface area contributed by atoms with E-state index in [4.69, 9.17) is 0 Å². The van der Waals surface area contributed by atoms with E-state index in [1.165, 1.54) is 8.66 Å². The zero-order valence-corrected chi connectivity index (χ0v) is 11.5. The number of nitrogens with one attached hydrogen (secondary N) is 1. The van der Waals surface area contributed by atoms with Crippen molar-refractivity contribution in [3.05, 3.63) is 37.4 Å². The molecule has 0 aliphatic rings. The Balaban J connectivity index is 1.88. The molecule has 1 N–H and O–H groups in total. The maximum absolute atomic E-state index is 4.28. The van der Waals surface area contributed by atoms with Crippen LogP contribution >= 0.6 is 38.6 Å². The summed E-state index contributed by atoms with van der Waals surface area (Å²) in [5, 5.41) is 5.53. The molecular formula is C10H11BrN2S2. The van der Waals surface area contributed by atoms with Crippen LogP contribution in [-0.2, 0) is 6.54 Å².